The summed E-state index contributed by atoms with van der Waals surface area (Å²) in [6.07, 6.45) is 17.4. The number of unbranched alkanes of at least 4 members (excludes halogenated alkanes) is 4. The molecule has 0 aromatic heterocycles. The summed E-state index contributed by atoms with van der Waals surface area (Å²) in [6, 6.07) is 8.76. The molecular formula is C24H38O. The molecule has 1 aromatic rings. The van der Waals surface area contributed by atoms with Crippen LogP contribution >= 0.6 is 0 Å². The first-order chi connectivity index (χ1) is 12.2. The molecule has 1 aromatic carbocycles. The molecule has 140 valence electrons. The second-order valence-electron chi connectivity index (χ2n) is 7.81. The molecule has 1 aliphatic carbocycles. The van der Waals surface area contributed by atoms with E-state index in [0.717, 1.165) is 18.1 Å². The van der Waals surface area contributed by atoms with Crippen LogP contribution in [-0.4, -0.2) is 6.10 Å². The fraction of sp³-hybridized carbons (Fsp3) is 0.667. The van der Waals surface area contributed by atoms with Gasteiger partial charge < -0.3 is 4.74 Å². The first-order valence-electron chi connectivity index (χ1n) is 10.7. The number of allylic oxidation sites excluding steroid dienone is 2. The third kappa shape index (κ3) is 7.26. The van der Waals surface area contributed by atoms with Gasteiger partial charge in [0, 0.05) is 0 Å². The van der Waals surface area contributed by atoms with Gasteiger partial charge in [0.25, 0.3) is 0 Å². The Morgan fingerprint density at radius 3 is 2.40 bits per heavy atom. The Bertz CT molecular complexity index is 499. The third-order valence-corrected chi connectivity index (χ3v) is 5.49. The molecule has 0 saturated heterocycles. The van der Waals surface area contributed by atoms with E-state index in [-0.39, 0.29) is 0 Å². The fourth-order valence-electron chi connectivity index (χ4n) is 3.89. The molecule has 0 amide bonds. The molecular weight excluding hydrogens is 304 g/mol. The second kappa shape index (κ2) is 11.4. The number of benzene rings is 1. The van der Waals surface area contributed by atoms with Gasteiger partial charge in [-0.3, -0.25) is 0 Å². The third-order valence-electron chi connectivity index (χ3n) is 5.49. The minimum atomic E-state index is 0.308. The van der Waals surface area contributed by atoms with Gasteiger partial charge in [-0.1, -0.05) is 77.0 Å². The van der Waals surface area contributed by atoms with Crippen LogP contribution in [0.2, 0.25) is 0 Å². The molecule has 0 fully saturated rings. The van der Waals surface area contributed by atoms with Crippen molar-refractivity contribution in [2.45, 2.75) is 97.5 Å². The topological polar surface area (TPSA) is 9.23 Å². The van der Waals surface area contributed by atoms with Crippen molar-refractivity contribution in [3.63, 3.8) is 0 Å². The Labute approximate surface area is 155 Å². The molecule has 25 heavy (non-hydrogen) atoms. The maximum absolute atomic E-state index is 5.97. The maximum Gasteiger partial charge on any atom is 0.119 e. The lowest BCUT2D eigenvalue weighted by atomic mass is 9.84. The van der Waals surface area contributed by atoms with Crippen molar-refractivity contribution in [2.75, 3.05) is 0 Å². The molecule has 0 N–H and O–H groups in total. The van der Waals surface area contributed by atoms with E-state index in [1.807, 2.05) is 0 Å². The number of rotatable bonds is 11. The Morgan fingerprint density at radius 2 is 1.76 bits per heavy atom. The lowest BCUT2D eigenvalue weighted by Gasteiger charge is -2.22. The summed E-state index contributed by atoms with van der Waals surface area (Å²) in [7, 11) is 0. The van der Waals surface area contributed by atoms with Crippen LogP contribution in [0.15, 0.2) is 30.3 Å². The highest BCUT2D eigenvalue weighted by Crippen LogP contribution is 2.33. The van der Waals surface area contributed by atoms with Crippen LogP contribution in [0.3, 0.4) is 0 Å². The van der Waals surface area contributed by atoms with Gasteiger partial charge >= 0.3 is 0 Å². The van der Waals surface area contributed by atoms with Crippen molar-refractivity contribution in [1.29, 1.82) is 0 Å². The Balaban J connectivity index is 1.76. The molecule has 1 nitrogen and oxygen atoms in total. The van der Waals surface area contributed by atoms with E-state index < -0.39 is 0 Å². The standard InChI is InChI=1S/C24H38O/c1-4-6-7-8-9-11-21-12-14-22(15-13-21)23-16-18-24(19-17-23)25-20(3)10-5-2/h14,16-21H,4-13,15H2,1-3H3. The van der Waals surface area contributed by atoms with E-state index in [1.165, 1.54) is 75.3 Å². The van der Waals surface area contributed by atoms with Crippen LogP contribution in [-0.2, 0) is 0 Å². The number of hydrogen-bond acceptors (Lipinski definition) is 1. The predicted octanol–water partition coefficient (Wildman–Crippen LogP) is 7.80. The van der Waals surface area contributed by atoms with Gasteiger partial charge in [-0.05, 0) is 61.8 Å². The van der Waals surface area contributed by atoms with Crippen LogP contribution in [0.25, 0.3) is 5.57 Å². The van der Waals surface area contributed by atoms with Crippen molar-refractivity contribution < 1.29 is 4.74 Å². The van der Waals surface area contributed by atoms with Crippen LogP contribution < -0.4 is 4.74 Å². The molecule has 1 heteroatoms. The zero-order valence-corrected chi connectivity index (χ0v) is 16.7. The van der Waals surface area contributed by atoms with Gasteiger partial charge in [0.1, 0.15) is 5.75 Å². The maximum atomic E-state index is 5.97. The van der Waals surface area contributed by atoms with Gasteiger partial charge in [0.15, 0.2) is 0 Å². The number of ether oxygens (including phenoxy) is 1. The van der Waals surface area contributed by atoms with E-state index in [4.69, 9.17) is 4.74 Å². The summed E-state index contributed by atoms with van der Waals surface area (Å²) in [6.45, 7) is 6.65. The average Bonchev–Trinajstić information content (AvgIpc) is 2.63. The predicted molar refractivity (Wildman–Crippen MR) is 110 cm³/mol. The molecule has 0 aliphatic heterocycles. The van der Waals surface area contributed by atoms with Crippen molar-refractivity contribution in [3.05, 3.63) is 35.9 Å². The lowest BCUT2D eigenvalue weighted by molar-refractivity contribution is 0.210. The summed E-state index contributed by atoms with van der Waals surface area (Å²) in [4.78, 5) is 0. The molecule has 2 unspecified atom stereocenters. The highest BCUT2D eigenvalue weighted by atomic mass is 16.5. The summed E-state index contributed by atoms with van der Waals surface area (Å²) in [5, 5.41) is 0. The van der Waals surface area contributed by atoms with E-state index in [9.17, 15) is 0 Å². The zero-order chi connectivity index (χ0) is 17.9. The summed E-state index contributed by atoms with van der Waals surface area (Å²) in [5.41, 5.74) is 2.92. The minimum absolute atomic E-state index is 0.308. The molecule has 0 saturated carbocycles. The lowest BCUT2D eigenvalue weighted by Crippen LogP contribution is -2.10. The van der Waals surface area contributed by atoms with Gasteiger partial charge in [-0.2, -0.15) is 0 Å². The number of hydrogen-bond donors (Lipinski definition) is 0. The molecule has 2 atom stereocenters. The van der Waals surface area contributed by atoms with Crippen LogP contribution in [0.1, 0.15) is 97.0 Å². The van der Waals surface area contributed by atoms with Crippen molar-refractivity contribution in [3.8, 4) is 5.75 Å². The SMILES string of the molecule is CCCCCCCC1CC=C(c2ccc(OC(C)CCC)cc2)CC1. The molecule has 1 aliphatic rings. The van der Waals surface area contributed by atoms with Gasteiger partial charge in [-0.15, -0.1) is 0 Å². The highest BCUT2D eigenvalue weighted by Gasteiger charge is 2.15. The summed E-state index contributed by atoms with van der Waals surface area (Å²) in [5.74, 6) is 1.92. The zero-order valence-electron chi connectivity index (χ0n) is 16.7. The fourth-order valence-corrected chi connectivity index (χ4v) is 3.89. The normalized spacial score (nSPS) is 18.7. The monoisotopic (exact) mass is 342 g/mol. The van der Waals surface area contributed by atoms with Gasteiger partial charge in [0.05, 0.1) is 6.10 Å². The Morgan fingerprint density at radius 1 is 1.00 bits per heavy atom. The molecule has 0 spiro atoms. The van der Waals surface area contributed by atoms with E-state index in [2.05, 4.69) is 51.1 Å². The van der Waals surface area contributed by atoms with Gasteiger partial charge in [0.2, 0.25) is 0 Å². The van der Waals surface area contributed by atoms with Crippen LogP contribution in [0.4, 0.5) is 0 Å². The van der Waals surface area contributed by atoms with Crippen LogP contribution in [0, 0.1) is 5.92 Å². The first kappa shape index (κ1) is 20.1. The van der Waals surface area contributed by atoms with E-state index in [0.29, 0.717) is 6.10 Å². The molecule has 2 rings (SSSR count). The highest BCUT2D eigenvalue weighted by molar-refractivity contribution is 5.66. The van der Waals surface area contributed by atoms with Crippen LogP contribution in [0.5, 0.6) is 5.75 Å². The largest absolute Gasteiger partial charge is 0.491 e. The Hall–Kier alpha value is -1.24. The quantitative estimate of drug-likeness (QED) is 0.373. The van der Waals surface area contributed by atoms with E-state index >= 15 is 0 Å². The van der Waals surface area contributed by atoms with Crippen molar-refractivity contribution >= 4 is 5.57 Å². The van der Waals surface area contributed by atoms with Crippen molar-refractivity contribution in [2.24, 2.45) is 5.92 Å². The molecule has 0 radical (unpaired) electrons. The molecule has 0 bridgehead atoms. The van der Waals surface area contributed by atoms with E-state index in [1.54, 1.807) is 0 Å². The smallest absolute Gasteiger partial charge is 0.119 e. The molecule has 0 heterocycles. The van der Waals surface area contributed by atoms with Gasteiger partial charge in [-0.25, -0.2) is 0 Å². The minimum Gasteiger partial charge on any atom is -0.491 e. The first-order valence-corrected chi connectivity index (χ1v) is 10.7. The summed E-state index contributed by atoms with van der Waals surface area (Å²) >= 11 is 0. The van der Waals surface area contributed by atoms with Crippen molar-refractivity contribution in [1.82, 2.24) is 0 Å². The Kier molecular flexibility index (Phi) is 9.15. The summed E-state index contributed by atoms with van der Waals surface area (Å²) < 4.78 is 5.97. The average molecular weight is 343 g/mol. The second-order valence-corrected chi connectivity index (χ2v) is 7.81.